The number of hydrogen-bond donors (Lipinski definition) is 0. The molecule has 0 saturated heterocycles. The number of halogens is 1. The first kappa shape index (κ1) is 15.3. The summed E-state index contributed by atoms with van der Waals surface area (Å²) in [5, 5.41) is 0.958. The Bertz CT molecular complexity index is 374. The van der Waals surface area contributed by atoms with E-state index in [0.717, 1.165) is 29.7 Å². The van der Waals surface area contributed by atoms with Crippen LogP contribution < -0.4 is 0 Å². The van der Waals surface area contributed by atoms with Crippen LogP contribution in [0.5, 0.6) is 0 Å². The number of carbonyl (C=O) groups is 1. The molecule has 0 spiro atoms. The highest BCUT2D eigenvalue weighted by Crippen LogP contribution is 2.14. The standard InChI is InChI=1S/C14H22BrNO2/c1-11(2)16(14(17)6-4-5-9-15)10-13-8-7-12(3)18-13/h7-8,11H,4-6,9-10H2,1-3H3. The van der Waals surface area contributed by atoms with E-state index in [1.165, 1.54) is 0 Å². The molecule has 0 aliphatic heterocycles. The maximum Gasteiger partial charge on any atom is 0.223 e. The highest BCUT2D eigenvalue weighted by molar-refractivity contribution is 9.09. The maximum atomic E-state index is 12.1. The van der Waals surface area contributed by atoms with E-state index in [-0.39, 0.29) is 11.9 Å². The number of alkyl halides is 1. The normalized spacial score (nSPS) is 10.9. The minimum Gasteiger partial charge on any atom is -0.464 e. The Morgan fingerprint density at radius 2 is 2.11 bits per heavy atom. The van der Waals surface area contributed by atoms with Crippen molar-refractivity contribution in [3.05, 3.63) is 23.7 Å². The number of rotatable bonds is 7. The summed E-state index contributed by atoms with van der Waals surface area (Å²) in [7, 11) is 0. The van der Waals surface area contributed by atoms with Crippen LogP contribution in [0.2, 0.25) is 0 Å². The van der Waals surface area contributed by atoms with Crippen LogP contribution in [0.25, 0.3) is 0 Å². The van der Waals surface area contributed by atoms with Crippen molar-refractivity contribution in [2.45, 2.75) is 52.6 Å². The molecule has 0 bridgehead atoms. The zero-order valence-corrected chi connectivity index (χ0v) is 13.0. The van der Waals surface area contributed by atoms with Crippen LogP contribution in [-0.2, 0) is 11.3 Å². The lowest BCUT2D eigenvalue weighted by Gasteiger charge is -2.26. The minimum absolute atomic E-state index is 0.201. The van der Waals surface area contributed by atoms with Gasteiger partial charge in [0.1, 0.15) is 11.5 Å². The lowest BCUT2D eigenvalue weighted by atomic mass is 10.2. The number of hydrogen-bond acceptors (Lipinski definition) is 2. The Morgan fingerprint density at radius 1 is 1.39 bits per heavy atom. The second kappa shape index (κ2) is 7.62. The van der Waals surface area contributed by atoms with Gasteiger partial charge in [0.2, 0.25) is 5.91 Å². The number of furan rings is 1. The van der Waals surface area contributed by atoms with E-state index in [0.29, 0.717) is 13.0 Å². The fraction of sp³-hybridized carbons (Fsp3) is 0.643. The van der Waals surface area contributed by atoms with Crippen molar-refractivity contribution < 1.29 is 9.21 Å². The fourth-order valence-corrected chi connectivity index (χ4v) is 2.21. The van der Waals surface area contributed by atoms with Crippen LogP contribution in [0, 0.1) is 6.92 Å². The fourth-order valence-electron chi connectivity index (χ4n) is 1.81. The van der Waals surface area contributed by atoms with Crippen LogP contribution >= 0.6 is 15.9 Å². The van der Waals surface area contributed by atoms with E-state index in [2.05, 4.69) is 15.9 Å². The summed E-state index contributed by atoms with van der Waals surface area (Å²) in [5.74, 6) is 1.95. The Morgan fingerprint density at radius 3 is 2.61 bits per heavy atom. The molecule has 102 valence electrons. The largest absolute Gasteiger partial charge is 0.464 e. The maximum absolute atomic E-state index is 12.1. The Balaban J connectivity index is 2.56. The predicted octanol–water partition coefficient (Wildman–Crippen LogP) is 3.89. The molecule has 1 heterocycles. The lowest BCUT2D eigenvalue weighted by molar-refractivity contribution is -0.134. The van der Waals surface area contributed by atoms with Crippen molar-refractivity contribution in [2.75, 3.05) is 5.33 Å². The van der Waals surface area contributed by atoms with Gasteiger partial charge in [-0.3, -0.25) is 4.79 Å². The number of nitrogens with zero attached hydrogens (tertiary/aromatic N) is 1. The summed E-state index contributed by atoms with van der Waals surface area (Å²) in [6.07, 6.45) is 2.59. The predicted molar refractivity (Wildman–Crippen MR) is 76.8 cm³/mol. The van der Waals surface area contributed by atoms with Gasteiger partial charge in [-0.15, -0.1) is 0 Å². The third-order valence-corrected chi connectivity index (χ3v) is 3.40. The highest BCUT2D eigenvalue weighted by atomic mass is 79.9. The number of aryl methyl sites for hydroxylation is 1. The lowest BCUT2D eigenvalue weighted by Crippen LogP contribution is -2.36. The van der Waals surface area contributed by atoms with E-state index in [9.17, 15) is 4.79 Å². The van der Waals surface area contributed by atoms with Crippen molar-refractivity contribution in [2.24, 2.45) is 0 Å². The molecule has 0 aromatic carbocycles. The molecule has 18 heavy (non-hydrogen) atoms. The van der Waals surface area contributed by atoms with Gasteiger partial charge in [0.25, 0.3) is 0 Å². The minimum atomic E-state index is 0.201. The molecule has 1 rings (SSSR count). The monoisotopic (exact) mass is 315 g/mol. The van der Waals surface area contributed by atoms with Gasteiger partial charge in [0.05, 0.1) is 6.54 Å². The van der Waals surface area contributed by atoms with Gasteiger partial charge in [-0.25, -0.2) is 0 Å². The Hall–Kier alpha value is -0.770. The zero-order chi connectivity index (χ0) is 13.5. The van der Waals surface area contributed by atoms with Crippen molar-refractivity contribution >= 4 is 21.8 Å². The summed E-state index contributed by atoms with van der Waals surface area (Å²) >= 11 is 3.38. The molecule has 0 saturated carbocycles. The SMILES string of the molecule is Cc1ccc(CN(C(=O)CCCCBr)C(C)C)o1. The number of unbranched alkanes of at least 4 members (excludes halogenated alkanes) is 1. The number of carbonyl (C=O) groups excluding carboxylic acids is 1. The number of amides is 1. The van der Waals surface area contributed by atoms with Crippen LogP contribution in [0.3, 0.4) is 0 Å². The first-order chi connectivity index (χ1) is 8.54. The molecule has 1 amide bonds. The summed E-state index contributed by atoms with van der Waals surface area (Å²) in [5.41, 5.74) is 0. The Labute approximate surface area is 118 Å². The second-order valence-electron chi connectivity index (χ2n) is 4.77. The molecule has 1 aromatic rings. The van der Waals surface area contributed by atoms with Gasteiger partial charge in [0, 0.05) is 17.8 Å². The molecule has 0 radical (unpaired) electrons. The summed E-state index contributed by atoms with van der Waals surface area (Å²) < 4.78 is 5.54. The van der Waals surface area contributed by atoms with Gasteiger partial charge >= 0.3 is 0 Å². The first-order valence-electron chi connectivity index (χ1n) is 6.45. The van der Waals surface area contributed by atoms with Crippen LogP contribution in [0.15, 0.2) is 16.5 Å². The van der Waals surface area contributed by atoms with Crippen molar-refractivity contribution in [1.29, 1.82) is 0 Å². The summed E-state index contributed by atoms with van der Waals surface area (Å²) in [6, 6.07) is 4.08. The van der Waals surface area contributed by atoms with Crippen molar-refractivity contribution in [1.82, 2.24) is 4.90 Å². The van der Waals surface area contributed by atoms with Crippen LogP contribution in [0.4, 0.5) is 0 Å². The van der Waals surface area contributed by atoms with Gasteiger partial charge < -0.3 is 9.32 Å². The molecule has 0 aliphatic rings. The molecule has 4 heteroatoms. The average molecular weight is 316 g/mol. The van der Waals surface area contributed by atoms with Crippen molar-refractivity contribution in [3.63, 3.8) is 0 Å². The van der Waals surface area contributed by atoms with Gasteiger partial charge in [-0.1, -0.05) is 15.9 Å². The summed E-state index contributed by atoms with van der Waals surface area (Å²) in [4.78, 5) is 14.0. The molecule has 0 unspecified atom stereocenters. The van der Waals surface area contributed by atoms with E-state index in [1.807, 2.05) is 37.8 Å². The van der Waals surface area contributed by atoms with E-state index >= 15 is 0 Å². The van der Waals surface area contributed by atoms with E-state index in [4.69, 9.17) is 4.42 Å². The first-order valence-corrected chi connectivity index (χ1v) is 7.57. The molecule has 0 aliphatic carbocycles. The quantitative estimate of drug-likeness (QED) is 0.565. The summed E-state index contributed by atoms with van der Waals surface area (Å²) in [6.45, 7) is 6.57. The van der Waals surface area contributed by atoms with Gasteiger partial charge in [-0.05, 0) is 45.7 Å². The van der Waals surface area contributed by atoms with Crippen molar-refractivity contribution in [3.8, 4) is 0 Å². The molecular formula is C14H22BrNO2. The van der Waals surface area contributed by atoms with Crippen LogP contribution in [-0.4, -0.2) is 22.2 Å². The third kappa shape index (κ3) is 4.84. The molecular weight excluding hydrogens is 294 g/mol. The average Bonchev–Trinajstić information content (AvgIpc) is 2.71. The molecule has 0 atom stereocenters. The topological polar surface area (TPSA) is 33.5 Å². The van der Waals surface area contributed by atoms with Gasteiger partial charge in [0.15, 0.2) is 0 Å². The van der Waals surface area contributed by atoms with E-state index in [1.54, 1.807) is 0 Å². The van der Waals surface area contributed by atoms with E-state index < -0.39 is 0 Å². The molecule has 0 fully saturated rings. The molecule has 3 nitrogen and oxygen atoms in total. The van der Waals surface area contributed by atoms with Gasteiger partial charge in [-0.2, -0.15) is 0 Å². The Kier molecular flexibility index (Phi) is 6.47. The molecule has 0 N–H and O–H groups in total. The zero-order valence-electron chi connectivity index (χ0n) is 11.4. The second-order valence-corrected chi connectivity index (χ2v) is 5.57. The third-order valence-electron chi connectivity index (χ3n) is 2.84. The van der Waals surface area contributed by atoms with Crippen LogP contribution in [0.1, 0.15) is 44.6 Å². The highest BCUT2D eigenvalue weighted by Gasteiger charge is 2.18. The smallest absolute Gasteiger partial charge is 0.223 e. The molecule has 1 aromatic heterocycles.